The van der Waals surface area contributed by atoms with E-state index in [0.717, 1.165) is 16.9 Å². The number of pyridine rings is 1. The van der Waals surface area contributed by atoms with Crippen LogP contribution in [-0.4, -0.2) is 4.57 Å². The number of hydrogen-bond acceptors (Lipinski definition) is 1. The van der Waals surface area contributed by atoms with Crippen molar-refractivity contribution in [2.45, 2.75) is 0 Å². The summed E-state index contributed by atoms with van der Waals surface area (Å²) in [5.41, 5.74) is 15.4. The second-order valence-electron chi connectivity index (χ2n) is 14.4. The van der Waals surface area contributed by atoms with Gasteiger partial charge in [-0.3, -0.25) is 0 Å². The van der Waals surface area contributed by atoms with Gasteiger partial charge < -0.3 is 4.57 Å². The van der Waals surface area contributed by atoms with Gasteiger partial charge in [-0.05, 0) is 87.5 Å². The van der Waals surface area contributed by atoms with Gasteiger partial charge in [-0.15, -0.1) is 11.3 Å². The number of thiophene rings is 1. The van der Waals surface area contributed by atoms with Crippen molar-refractivity contribution in [1.29, 1.82) is 0 Å². The van der Waals surface area contributed by atoms with Gasteiger partial charge in [-0.2, -0.15) is 0 Å². The van der Waals surface area contributed by atoms with E-state index in [4.69, 9.17) is 0 Å². The molecule has 0 spiro atoms. The van der Waals surface area contributed by atoms with Crippen molar-refractivity contribution >= 4 is 53.3 Å². The molecule has 8 aromatic carbocycles. The maximum Gasteiger partial charge on any atom is 0.211 e. The zero-order valence-corrected chi connectivity index (χ0v) is 31.3. The summed E-state index contributed by atoms with van der Waals surface area (Å²) >= 11 is 1.88. The smallest absolute Gasteiger partial charge is 0.211 e. The minimum atomic E-state index is 1.07. The van der Waals surface area contributed by atoms with E-state index in [0.29, 0.717) is 0 Å². The molecule has 11 rings (SSSR count). The van der Waals surface area contributed by atoms with Crippen LogP contribution in [0.1, 0.15) is 0 Å². The fourth-order valence-electron chi connectivity index (χ4n) is 8.45. The van der Waals surface area contributed by atoms with Gasteiger partial charge in [0.2, 0.25) is 5.69 Å². The van der Waals surface area contributed by atoms with Gasteiger partial charge in [0.1, 0.15) is 0 Å². The number of benzene rings is 8. The van der Waals surface area contributed by atoms with Crippen LogP contribution in [0.2, 0.25) is 0 Å². The molecule has 3 heterocycles. The van der Waals surface area contributed by atoms with Crippen LogP contribution in [-0.2, 0) is 0 Å². The topological polar surface area (TPSA) is 19.1 Å². The number of hydrogen-bond donors (Lipinski definition) is 0. The van der Waals surface area contributed by atoms with Crippen molar-refractivity contribution in [1.82, 2.24) is 4.57 Å². The number of nitrogens with one attached hydrogen (secondary N) is 1. The molecule has 0 unspecified atom stereocenters. The Hall–Kier alpha value is -7.07. The summed E-state index contributed by atoms with van der Waals surface area (Å²) < 4.78 is 5.13. The molecule has 3 heteroatoms. The fraction of sp³-hybridized carbons (Fsp3) is 0. The van der Waals surface area contributed by atoms with Crippen LogP contribution >= 0.6 is 11.3 Å². The van der Waals surface area contributed by atoms with E-state index in [1.807, 2.05) is 17.5 Å². The second-order valence-corrected chi connectivity index (χ2v) is 15.5. The third-order valence-electron chi connectivity index (χ3n) is 11.1. The first kappa shape index (κ1) is 32.4. The summed E-state index contributed by atoms with van der Waals surface area (Å²) in [5.74, 6) is 0. The van der Waals surface area contributed by atoms with Crippen molar-refractivity contribution in [3.05, 3.63) is 206 Å². The maximum atomic E-state index is 3.55. The molecule has 3 aromatic heterocycles. The molecule has 0 atom stereocenters. The Bertz CT molecular complexity index is 3230. The second kappa shape index (κ2) is 13.3. The quantitative estimate of drug-likeness (QED) is 0.162. The standard InChI is InChI=1S/C53H34N2S/c1-4-14-35(15-5-1)38-28-29-54-49(34-38)40-20-12-21-42(30-40)55-50-27-26-39(43-23-13-24-45-44-22-10-11-25-51(44)56-53(43)45)31-47(50)48-33-41(36-16-6-2-7-17-36)32-46(52(48)55)37-18-8-3-9-19-37/h1-34H/p+1. The van der Waals surface area contributed by atoms with Crippen molar-refractivity contribution in [2.75, 3.05) is 0 Å². The lowest BCUT2D eigenvalue weighted by molar-refractivity contribution is -0.364. The summed E-state index contributed by atoms with van der Waals surface area (Å²) in [6, 6.07) is 72.9. The molecular formula is C53H35N2S+. The molecule has 0 bridgehead atoms. The number of nitrogens with zero attached hydrogens (tertiary/aromatic N) is 1. The first-order valence-electron chi connectivity index (χ1n) is 19.1. The van der Waals surface area contributed by atoms with E-state index in [-0.39, 0.29) is 0 Å². The minimum absolute atomic E-state index is 1.07. The predicted molar refractivity (Wildman–Crippen MR) is 237 cm³/mol. The number of aromatic amines is 1. The molecule has 262 valence electrons. The molecule has 0 aliphatic carbocycles. The molecule has 0 aliphatic rings. The Morgan fingerprint density at radius 1 is 0.375 bits per heavy atom. The molecular weight excluding hydrogens is 697 g/mol. The first-order valence-corrected chi connectivity index (χ1v) is 19.9. The minimum Gasteiger partial charge on any atom is -0.309 e. The van der Waals surface area contributed by atoms with E-state index in [9.17, 15) is 0 Å². The normalized spacial score (nSPS) is 11.6. The summed E-state index contributed by atoms with van der Waals surface area (Å²) in [6.45, 7) is 0. The number of H-pyrrole nitrogens is 1. The third-order valence-corrected chi connectivity index (χ3v) is 12.3. The van der Waals surface area contributed by atoms with Crippen LogP contribution in [0.25, 0.3) is 103 Å². The van der Waals surface area contributed by atoms with Gasteiger partial charge in [0.15, 0.2) is 6.20 Å². The largest absolute Gasteiger partial charge is 0.309 e. The molecule has 0 saturated carbocycles. The third kappa shape index (κ3) is 5.44. The van der Waals surface area contributed by atoms with Gasteiger partial charge in [-0.25, -0.2) is 4.98 Å². The first-order chi connectivity index (χ1) is 27.8. The summed E-state index contributed by atoms with van der Waals surface area (Å²) in [7, 11) is 0. The lowest BCUT2D eigenvalue weighted by Gasteiger charge is -2.14. The molecule has 0 aliphatic heterocycles. The van der Waals surface area contributed by atoms with Gasteiger partial charge in [0.05, 0.1) is 11.0 Å². The van der Waals surface area contributed by atoms with Crippen molar-refractivity contribution < 1.29 is 4.98 Å². The van der Waals surface area contributed by atoms with E-state index in [2.05, 4.69) is 210 Å². The number of fused-ring (bicyclic) bond motifs is 6. The Morgan fingerprint density at radius 2 is 1.04 bits per heavy atom. The van der Waals surface area contributed by atoms with Crippen LogP contribution < -0.4 is 4.98 Å². The zero-order chi connectivity index (χ0) is 37.0. The molecule has 0 saturated heterocycles. The summed E-state index contributed by atoms with van der Waals surface area (Å²) in [5, 5.41) is 5.09. The maximum absolute atomic E-state index is 3.55. The van der Waals surface area contributed by atoms with Gasteiger partial charge in [-0.1, -0.05) is 140 Å². The molecule has 11 aromatic rings. The van der Waals surface area contributed by atoms with E-state index in [1.165, 1.54) is 86.5 Å². The summed E-state index contributed by atoms with van der Waals surface area (Å²) in [6.07, 6.45) is 2.04. The highest BCUT2D eigenvalue weighted by atomic mass is 32.1. The zero-order valence-electron chi connectivity index (χ0n) is 30.5. The van der Waals surface area contributed by atoms with Crippen LogP contribution in [0.4, 0.5) is 0 Å². The van der Waals surface area contributed by atoms with E-state index < -0.39 is 0 Å². The molecule has 1 N–H and O–H groups in total. The van der Waals surface area contributed by atoms with Gasteiger partial charge in [0.25, 0.3) is 0 Å². The Kier molecular flexibility index (Phi) is 7.72. The van der Waals surface area contributed by atoms with Gasteiger partial charge in [0, 0.05) is 59.9 Å². The van der Waals surface area contributed by atoms with E-state index in [1.54, 1.807) is 0 Å². The highest BCUT2D eigenvalue weighted by Gasteiger charge is 2.21. The highest BCUT2D eigenvalue weighted by molar-refractivity contribution is 7.26. The SMILES string of the molecule is c1ccc(-c2cc[nH+]c(-c3cccc(-n4c5ccc(-c6cccc7c6sc6ccccc67)cc5c5cc(-c6ccccc6)cc(-c6ccccc6)c54)c3)c2)cc1. The Balaban J connectivity index is 1.19. The van der Waals surface area contributed by atoms with Crippen molar-refractivity contribution in [3.63, 3.8) is 0 Å². The molecule has 0 radical (unpaired) electrons. The van der Waals surface area contributed by atoms with Crippen LogP contribution in [0.15, 0.2) is 206 Å². The Morgan fingerprint density at radius 3 is 1.84 bits per heavy atom. The van der Waals surface area contributed by atoms with Crippen molar-refractivity contribution in [2.24, 2.45) is 0 Å². The van der Waals surface area contributed by atoms with Gasteiger partial charge >= 0.3 is 0 Å². The molecule has 56 heavy (non-hydrogen) atoms. The van der Waals surface area contributed by atoms with E-state index >= 15 is 0 Å². The average Bonchev–Trinajstić information content (AvgIpc) is 3.83. The highest BCUT2D eigenvalue weighted by Crippen LogP contribution is 2.45. The molecule has 2 nitrogen and oxygen atoms in total. The van der Waals surface area contributed by atoms with Crippen LogP contribution in [0.3, 0.4) is 0 Å². The van der Waals surface area contributed by atoms with Crippen molar-refractivity contribution in [3.8, 4) is 61.5 Å². The lowest BCUT2D eigenvalue weighted by atomic mass is 9.95. The number of aromatic nitrogens is 2. The average molecular weight is 732 g/mol. The molecule has 0 amide bonds. The van der Waals surface area contributed by atoms with Crippen LogP contribution in [0, 0.1) is 0 Å². The number of rotatable bonds is 6. The monoisotopic (exact) mass is 731 g/mol. The fourth-order valence-corrected chi connectivity index (χ4v) is 9.69. The molecule has 0 fully saturated rings. The summed E-state index contributed by atoms with van der Waals surface area (Å²) in [4.78, 5) is 3.55. The Labute approximate surface area is 329 Å². The van der Waals surface area contributed by atoms with Crippen LogP contribution in [0.5, 0.6) is 0 Å². The lowest BCUT2D eigenvalue weighted by Crippen LogP contribution is -2.06. The predicted octanol–water partition coefficient (Wildman–Crippen LogP) is 14.3.